The summed E-state index contributed by atoms with van der Waals surface area (Å²) in [6.45, 7) is 12.1. The van der Waals surface area contributed by atoms with Crippen LogP contribution in [0.4, 0.5) is 5.69 Å². The van der Waals surface area contributed by atoms with Gasteiger partial charge in [-0.05, 0) is 87.6 Å². The Kier molecular flexibility index (Phi) is 7.07. The first kappa shape index (κ1) is 26.9. The molecule has 4 heterocycles. The maximum atomic E-state index is 13.4. The van der Waals surface area contributed by atoms with E-state index in [1.54, 1.807) is 12.1 Å². The molecule has 7 rings (SSSR count). The van der Waals surface area contributed by atoms with Crippen molar-refractivity contribution in [1.82, 2.24) is 19.4 Å². The van der Waals surface area contributed by atoms with E-state index in [2.05, 4.69) is 75.8 Å². The number of fused-ring (bicyclic) bond motifs is 3. The maximum absolute atomic E-state index is 13.4. The predicted octanol–water partition coefficient (Wildman–Crippen LogP) is 7.33. The van der Waals surface area contributed by atoms with Gasteiger partial charge in [-0.2, -0.15) is 0 Å². The van der Waals surface area contributed by atoms with Crippen LogP contribution >= 0.6 is 0 Å². The summed E-state index contributed by atoms with van der Waals surface area (Å²) in [5, 5.41) is 0. The van der Waals surface area contributed by atoms with Crippen molar-refractivity contribution in [2.24, 2.45) is 0 Å². The van der Waals surface area contributed by atoms with Gasteiger partial charge in [0.1, 0.15) is 5.82 Å². The van der Waals surface area contributed by atoms with Gasteiger partial charge in [0.25, 0.3) is 5.91 Å². The summed E-state index contributed by atoms with van der Waals surface area (Å²) in [5.41, 5.74) is 5.01. The number of nitrogens with zero attached hydrogens (tertiary/aromatic N) is 5. The van der Waals surface area contributed by atoms with Gasteiger partial charge in [-0.25, -0.2) is 9.83 Å². The highest BCUT2D eigenvalue weighted by atomic mass is 16.2. The molecule has 42 heavy (non-hydrogen) atoms. The summed E-state index contributed by atoms with van der Waals surface area (Å²) in [5.74, 6) is 1.18. The Bertz CT molecular complexity index is 1610. The van der Waals surface area contributed by atoms with Crippen LogP contribution < -0.4 is 0 Å². The molecule has 3 saturated heterocycles. The standard InChI is InChI=1S/C36H39N5O/c1-26-38-33-13-6-7-14-34(33)41(26)32-24-30-15-16-31(25-32)40(30)22-19-36(28-10-4-3-5-11-28)17-20-39(21-18-36)35(42)27-9-8-12-29(23-27)37-2/h3-14,23,30-32H,15-22,24-25H2,1H3/t30-,31+,32?. The van der Waals surface area contributed by atoms with Crippen LogP contribution in [-0.4, -0.2) is 57.0 Å². The van der Waals surface area contributed by atoms with E-state index in [1.807, 2.05) is 17.0 Å². The number of likely N-dealkylation sites (tertiary alicyclic amines) is 1. The minimum Gasteiger partial charge on any atom is -0.339 e. The van der Waals surface area contributed by atoms with E-state index in [0.717, 1.165) is 50.2 Å². The van der Waals surface area contributed by atoms with Gasteiger partial charge in [-0.1, -0.05) is 60.7 Å². The Balaban J connectivity index is 1.06. The number of aromatic nitrogens is 2. The molecule has 1 aromatic heterocycles. The molecule has 6 heteroatoms. The van der Waals surface area contributed by atoms with Crippen molar-refractivity contribution < 1.29 is 4.79 Å². The van der Waals surface area contributed by atoms with E-state index < -0.39 is 0 Å². The van der Waals surface area contributed by atoms with Crippen molar-refractivity contribution in [3.05, 3.63) is 107 Å². The van der Waals surface area contributed by atoms with Crippen LogP contribution in [0.3, 0.4) is 0 Å². The van der Waals surface area contributed by atoms with E-state index in [4.69, 9.17) is 11.6 Å². The first-order valence-corrected chi connectivity index (χ1v) is 15.6. The SMILES string of the molecule is [C-]#[N+]c1cccc(C(=O)N2CCC(CCN3[C@@H]4CC[C@H]3CC(n3c(C)nc5ccccc53)C4)(c3ccccc3)CC2)c1. The fraction of sp³-hybridized carbons (Fsp3) is 0.417. The van der Waals surface area contributed by atoms with Crippen molar-refractivity contribution >= 4 is 22.6 Å². The largest absolute Gasteiger partial charge is 0.339 e. The fourth-order valence-electron chi connectivity index (χ4n) is 8.29. The average Bonchev–Trinajstić information content (AvgIpc) is 3.50. The highest BCUT2D eigenvalue weighted by Crippen LogP contribution is 2.45. The quantitative estimate of drug-likeness (QED) is 0.233. The monoisotopic (exact) mass is 557 g/mol. The van der Waals surface area contributed by atoms with Gasteiger partial charge in [0.05, 0.1) is 17.6 Å². The molecule has 214 valence electrons. The molecule has 0 aliphatic carbocycles. The van der Waals surface area contributed by atoms with Crippen LogP contribution in [0.5, 0.6) is 0 Å². The number of para-hydroxylation sites is 2. The van der Waals surface area contributed by atoms with Crippen LogP contribution in [0.15, 0.2) is 78.9 Å². The van der Waals surface area contributed by atoms with Crippen LogP contribution in [0.2, 0.25) is 0 Å². The summed E-state index contributed by atoms with van der Waals surface area (Å²) in [4.78, 5) is 26.6. The van der Waals surface area contributed by atoms with Crippen molar-refractivity contribution in [3.63, 3.8) is 0 Å². The summed E-state index contributed by atoms with van der Waals surface area (Å²) in [7, 11) is 0. The number of piperidine rings is 2. The average molecular weight is 558 g/mol. The summed E-state index contributed by atoms with van der Waals surface area (Å²) >= 11 is 0. The number of hydrogen-bond acceptors (Lipinski definition) is 3. The van der Waals surface area contributed by atoms with Crippen molar-refractivity contribution in [2.45, 2.75) is 75.4 Å². The maximum Gasteiger partial charge on any atom is 0.252 e. The molecule has 1 unspecified atom stereocenters. The number of imidazole rings is 1. The van der Waals surface area contributed by atoms with Crippen molar-refractivity contribution in [3.8, 4) is 0 Å². The van der Waals surface area contributed by atoms with Gasteiger partial charge in [0.15, 0.2) is 5.69 Å². The minimum atomic E-state index is 0.0459. The van der Waals surface area contributed by atoms with Crippen LogP contribution in [0.25, 0.3) is 15.9 Å². The number of carbonyl (C=O) groups is 1. The molecule has 3 fully saturated rings. The number of carbonyl (C=O) groups excluding carboxylic acids is 1. The molecule has 0 radical (unpaired) electrons. The molecule has 6 nitrogen and oxygen atoms in total. The number of rotatable bonds is 6. The lowest BCUT2D eigenvalue weighted by Crippen LogP contribution is -2.49. The minimum absolute atomic E-state index is 0.0459. The van der Waals surface area contributed by atoms with Gasteiger partial charge in [0, 0.05) is 36.8 Å². The van der Waals surface area contributed by atoms with Gasteiger partial charge in [-0.15, -0.1) is 0 Å². The smallest absolute Gasteiger partial charge is 0.252 e. The fourth-order valence-corrected chi connectivity index (χ4v) is 8.29. The Morgan fingerprint density at radius 1 is 0.929 bits per heavy atom. The first-order valence-electron chi connectivity index (χ1n) is 15.6. The molecule has 3 atom stereocenters. The van der Waals surface area contributed by atoms with E-state index in [0.29, 0.717) is 29.4 Å². The second-order valence-electron chi connectivity index (χ2n) is 12.6. The number of amides is 1. The van der Waals surface area contributed by atoms with Crippen LogP contribution in [0.1, 0.15) is 72.7 Å². The molecule has 3 aliphatic heterocycles. The van der Waals surface area contributed by atoms with Gasteiger partial charge in [0.2, 0.25) is 0 Å². The van der Waals surface area contributed by atoms with E-state index in [9.17, 15) is 4.79 Å². The van der Waals surface area contributed by atoms with Crippen molar-refractivity contribution in [1.29, 1.82) is 0 Å². The molecule has 4 aromatic rings. The highest BCUT2D eigenvalue weighted by Gasteiger charge is 2.44. The second-order valence-corrected chi connectivity index (χ2v) is 12.6. The van der Waals surface area contributed by atoms with E-state index in [-0.39, 0.29) is 11.3 Å². The molecule has 0 spiro atoms. The van der Waals surface area contributed by atoms with Gasteiger partial charge >= 0.3 is 0 Å². The topological polar surface area (TPSA) is 45.7 Å². The molecule has 1 amide bonds. The third kappa shape index (κ3) is 4.80. The Morgan fingerprint density at radius 2 is 1.64 bits per heavy atom. The molecule has 3 aromatic carbocycles. The third-order valence-electron chi connectivity index (χ3n) is 10.5. The van der Waals surface area contributed by atoms with Gasteiger partial charge in [-0.3, -0.25) is 9.69 Å². The number of aryl methyl sites for hydroxylation is 1. The van der Waals surface area contributed by atoms with Gasteiger partial charge < -0.3 is 9.47 Å². The summed E-state index contributed by atoms with van der Waals surface area (Å²) in [6.07, 6.45) is 8.03. The molecule has 0 N–H and O–H groups in total. The molecule has 2 bridgehead atoms. The highest BCUT2D eigenvalue weighted by molar-refractivity contribution is 5.95. The molecular weight excluding hydrogens is 518 g/mol. The lowest BCUT2D eigenvalue weighted by Gasteiger charge is -2.45. The number of hydrogen-bond donors (Lipinski definition) is 0. The zero-order valence-corrected chi connectivity index (χ0v) is 24.5. The third-order valence-corrected chi connectivity index (χ3v) is 10.5. The lowest BCUT2D eigenvalue weighted by atomic mass is 9.70. The lowest BCUT2D eigenvalue weighted by molar-refractivity contribution is 0.0607. The van der Waals surface area contributed by atoms with Crippen LogP contribution in [0, 0.1) is 13.5 Å². The van der Waals surface area contributed by atoms with E-state index in [1.165, 1.54) is 36.8 Å². The first-order chi connectivity index (χ1) is 20.5. The Hall–Kier alpha value is -3.95. The van der Waals surface area contributed by atoms with E-state index >= 15 is 0 Å². The zero-order chi connectivity index (χ0) is 28.7. The molecule has 3 aliphatic rings. The predicted molar refractivity (Wildman–Crippen MR) is 167 cm³/mol. The zero-order valence-electron chi connectivity index (χ0n) is 24.5. The van der Waals surface area contributed by atoms with Crippen LogP contribution in [-0.2, 0) is 5.41 Å². The Labute approximate surface area is 248 Å². The second kappa shape index (κ2) is 11.0. The molecular formula is C36H39N5O. The Morgan fingerprint density at radius 3 is 2.38 bits per heavy atom. The van der Waals surface area contributed by atoms with Crippen molar-refractivity contribution in [2.75, 3.05) is 19.6 Å². The normalized spacial score (nSPS) is 23.6. The summed E-state index contributed by atoms with van der Waals surface area (Å²) < 4.78 is 2.52. The molecule has 0 saturated carbocycles. The summed E-state index contributed by atoms with van der Waals surface area (Å²) in [6, 6.07) is 28.5. The number of benzene rings is 3.